The Kier molecular flexibility index (Phi) is 5.84. The molecule has 0 aliphatic rings. The molecule has 3 N–H and O–H groups in total. The largest absolute Gasteiger partial charge is 0.480 e. The Morgan fingerprint density at radius 1 is 1.22 bits per heavy atom. The van der Waals surface area contributed by atoms with Gasteiger partial charge < -0.3 is 10.4 Å². The fourth-order valence-electron chi connectivity index (χ4n) is 1.66. The number of hydrogen-bond donors (Lipinski definition) is 3. The van der Waals surface area contributed by atoms with Gasteiger partial charge in [0, 0.05) is 11.1 Å². The number of carbonyl (C=O) groups excluding carboxylic acids is 1. The van der Waals surface area contributed by atoms with E-state index >= 15 is 0 Å². The Labute approximate surface area is 133 Å². The molecule has 9 heteroatoms. The van der Waals surface area contributed by atoms with Crippen LogP contribution < -0.4 is 10.0 Å². The van der Waals surface area contributed by atoms with Gasteiger partial charge in [-0.25, -0.2) is 22.3 Å². The van der Waals surface area contributed by atoms with Crippen molar-refractivity contribution in [1.82, 2.24) is 10.0 Å². The van der Waals surface area contributed by atoms with Gasteiger partial charge in [-0.1, -0.05) is 0 Å². The maximum atomic E-state index is 12.5. The third kappa shape index (κ3) is 5.61. The molecular weight excluding hydrogens is 327 g/mol. The van der Waals surface area contributed by atoms with Gasteiger partial charge in [0.2, 0.25) is 10.0 Å². The Balaban J connectivity index is 2.92. The van der Waals surface area contributed by atoms with Crippen molar-refractivity contribution in [3.8, 4) is 0 Å². The van der Waals surface area contributed by atoms with Gasteiger partial charge in [0.25, 0.3) is 5.91 Å². The lowest BCUT2D eigenvalue weighted by atomic mass is 10.1. The highest BCUT2D eigenvalue weighted by atomic mass is 32.2. The van der Waals surface area contributed by atoms with Gasteiger partial charge in [-0.2, -0.15) is 0 Å². The van der Waals surface area contributed by atoms with E-state index in [4.69, 9.17) is 5.11 Å². The highest BCUT2D eigenvalue weighted by Crippen LogP contribution is 2.14. The third-order valence-corrected chi connectivity index (χ3v) is 4.40. The van der Waals surface area contributed by atoms with E-state index < -0.39 is 40.2 Å². The van der Waals surface area contributed by atoms with Crippen molar-refractivity contribution in [2.24, 2.45) is 0 Å². The monoisotopic (exact) mass is 346 g/mol. The number of carboxylic acid groups (broad SMARTS) is 1. The molecule has 1 amide bonds. The molecule has 7 nitrogen and oxygen atoms in total. The number of carboxylic acids is 1. The van der Waals surface area contributed by atoms with E-state index in [1.54, 1.807) is 20.8 Å². The van der Waals surface area contributed by atoms with Crippen LogP contribution in [0.25, 0.3) is 0 Å². The molecule has 0 fully saturated rings. The van der Waals surface area contributed by atoms with Gasteiger partial charge in [-0.05, 0) is 45.0 Å². The van der Waals surface area contributed by atoms with Crippen molar-refractivity contribution < 1.29 is 27.5 Å². The molecule has 0 saturated carbocycles. The maximum Gasteiger partial charge on any atom is 0.328 e. The first-order valence-electron chi connectivity index (χ1n) is 6.70. The molecule has 0 aliphatic carbocycles. The minimum atomic E-state index is -3.74. The van der Waals surface area contributed by atoms with E-state index in [1.165, 1.54) is 24.3 Å². The normalized spacial score (nSPS) is 13.4. The van der Waals surface area contributed by atoms with Crippen LogP contribution in [0.15, 0.2) is 29.2 Å². The number of sulfonamides is 1. The van der Waals surface area contributed by atoms with Crippen LogP contribution in [0.2, 0.25) is 0 Å². The zero-order valence-electron chi connectivity index (χ0n) is 13.0. The number of halogens is 1. The fraction of sp³-hybridized carbons (Fsp3) is 0.429. The summed E-state index contributed by atoms with van der Waals surface area (Å²) in [5, 5.41) is 10.7. The van der Waals surface area contributed by atoms with Crippen LogP contribution in [0.3, 0.4) is 0 Å². The van der Waals surface area contributed by atoms with E-state index in [0.717, 1.165) is 0 Å². The third-order valence-electron chi connectivity index (χ3n) is 2.63. The number of rotatable bonds is 6. The summed E-state index contributed by atoms with van der Waals surface area (Å²) in [4.78, 5) is 22.4. The summed E-state index contributed by atoms with van der Waals surface area (Å²) >= 11 is 0. The average Bonchev–Trinajstić information content (AvgIpc) is 2.41. The lowest BCUT2D eigenvalue weighted by Crippen LogP contribution is -2.42. The quantitative estimate of drug-likeness (QED) is 0.709. The topological polar surface area (TPSA) is 113 Å². The SMILES string of the molecule is CC(C)(C)NS(=O)(=O)c1ccc(C(=O)NC(CF)C(=O)O)cc1. The zero-order valence-corrected chi connectivity index (χ0v) is 13.8. The molecule has 1 atom stereocenters. The minimum absolute atomic E-state index is 0.0272. The standard InChI is InChI=1S/C14H19FN2O5S/c1-14(2,3)17-23(21,22)10-6-4-9(5-7-10)12(18)16-11(8-15)13(19)20/h4-7,11,17H,8H2,1-3H3,(H,16,18)(H,19,20). The molecule has 128 valence electrons. The Hall–Kier alpha value is -2.00. The first kappa shape index (κ1) is 19.0. The molecule has 1 aromatic rings. The van der Waals surface area contributed by atoms with Crippen LogP contribution in [0.5, 0.6) is 0 Å². The van der Waals surface area contributed by atoms with Gasteiger partial charge in [-0.15, -0.1) is 0 Å². The average molecular weight is 346 g/mol. The van der Waals surface area contributed by atoms with E-state index in [-0.39, 0.29) is 10.5 Å². The number of hydrogen-bond acceptors (Lipinski definition) is 4. The summed E-state index contributed by atoms with van der Waals surface area (Å²) < 4.78 is 39.1. The van der Waals surface area contributed by atoms with E-state index in [1.807, 2.05) is 5.32 Å². The van der Waals surface area contributed by atoms with Crippen LogP contribution in [-0.2, 0) is 14.8 Å². The highest BCUT2D eigenvalue weighted by molar-refractivity contribution is 7.89. The molecule has 23 heavy (non-hydrogen) atoms. The fourth-order valence-corrected chi connectivity index (χ4v) is 3.07. The predicted molar refractivity (Wildman–Crippen MR) is 81.4 cm³/mol. The first-order chi connectivity index (χ1) is 10.5. The van der Waals surface area contributed by atoms with Gasteiger partial charge in [0.15, 0.2) is 6.04 Å². The number of carbonyl (C=O) groups is 2. The van der Waals surface area contributed by atoms with Gasteiger partial charge in [0.05, 0.1) is 4.90 Å². The predicted octanol–water partition coefficient (Wildman–Crippen LogP) is 0.916. The van der Waals surface area contributed by atoms with Gasteiger partial charge in [0.1, 0.15) is 6.67 Å². The molecule has 0 saturated heterocycles. The summed E-state index contributed by atoms with van der Waals surface area (Å²) in [6.45, 7) is 3.82. The van der Waals surface area contributed by atoms with Gasteiger partial charge >= 0.3 is 5.97 Å². The first-order valence-corrected chi connectivity index (χ1v) is 8.18. The Morgan fingerprint density at radius 2 is 1.74 bits per heavy atom. The maximum absolute atomic E-state index is 12.5. The molecule has 1 rings (SSSR count). The molecule has 0 heterocycles. The van der Waals surface area contributed by atoms with Crippen molar-refractivity contribution in [1.29, 1.82) is 0 Å². The summed E-state index contributed by atoms with van der Waals surface area (Å²) in [6, 6.07) is 3.24. The second kappa shape index (κ2) is 7.05. The van der Waals surface area contributed by atoms with Crippen molar-refractivity contribution in [3.05, 3.63) is 29.8 Å². The smallest absolute Gasteiger partial charge is 0.328 e. The number of benzene rings is 1. The second-order valence-electron chi connectivity index (χ2n) is 5.90. The number of alkyl halides is 1. The summed E-state index contributed by atoms with van der Waals surface area (Å²) in [6.07, 6.45) is 0. The summed E-state index contributed by atoms with van der Waals surface area (Å²) in [7, 11) is -3.74. The van der Waals surface area contributed by atoms with Crippen molar-refractivity contribution in [2.45, 2.75) is 37.2 Å². The molecule has 0 aliphatic heterocycles. The number of amides is 1. The molecule has 1 unspecified atom stereocenters. The molecule has 1 aromatic carbocycles. The van der Waals surface area contributed by atoms with Crippen molar-refractivity contribution in [2.75, 3.05) is 6.67 Å². The molecular formula is C14H19FN2O5S. The zero-order chi connectivity index (χ0) is 17.8. The number of aliphatic carboxylic acids is 1. The van der Waals surface area contributed by atoms with E-state index in [0.29, 0.717) is 0 Å². The molecule has 0 aromatic heterocycles. The lowest BCUT2D eigenvalue weighted by molar-refractivity contribution is -0.139. The van der Waals surface area contributed by atoms with Crippen LogP contribution in [-0.4, -0.2) is 43.7 Å². The Morgan fingerprint density at radius 3 is 2.13 bits per heavy atom. The molecule has 0 bridgehead atoms. The number of nitrogens with one attached hydrogen (secondary N) is 2. The van der Waals surface area contributed by atoms with Crippen LogP contribution in [0.4, 0.5) is 4.39 Å². The van der Waals surface area contributed by atoms with Crippen molar-refractivity contribution in [3.63, 3.8) is 0 Å². The Bertz CT molecular complexity index is 680. The van der Waals surface area contributed by atoms with E-state index in [2.05, 4.69) is 4.72 Å². The van der Waals surface area contributed by atoms with Crippen LogP contribution in [0.1, 0.15) is 31.1 Å². The van der Waals surface area contributed by atoms with Gasteiger partial charge in [-0.3, -0.25) is 4.79 Å². The highest BCUT2D eigenvalue weighted by Gasteiger charge is 2.23. The van der Waals surface area contributed by atoms with Crippen LogP contribution >= 0.6 is 0 Å². The minimum Gasteiger partial charge on any atom is -0.480 e. The second-order valence-corrected chi connectivity index (χ2v) is 7.58. The van der Waals surface area contributed by atoms with E-state index in [9.17, 15) is 22.4 Å². The molecule has 0 spiro atoms. The van der Waals surface area contributed by atoms with Crippen LogP contribution in [0, 0.1) is 0 Å². The lowest BCUT2D eigenvalue weighted by Gasteiger charge is -2.20. The molecule has 0 radical (unpaired) electrons. The summed E-state index contributed by atoms with van der Waals surface area (Å²) in [5.41, 5.74) is -0.635. The summed E-state index contributed by atoms with van der Waals surface area (Å²) in [5.74, 6) is -2.29. The van der Waals surface area contributed by atoms with Crippen molar-refractivity contribution >= 4 is 21.9 Å².